The van der Waals surface area contributed by atoms with Crippen molar-refractivity contribution in [3.63, 3.8) is 0 Å². The molecular weight excluding hydrogens is 480 g/mol. The topological polar surface area (TPSA) is 44.7 Å². The van der Waals surface area contributed by atoms with Crippen LogP contribution in [0.3, 0.4) is 0 Å². The number of hydrogen-bond donors (Lipinski definition) is 2. The fourth-order valence-electron chi connectivity index (χ4n) is 6.69. The molecule has 0 radical (unpaired) electrons. The summed E-state index contributed by atoms with van der Waals surface area (Å²) in [5.41, 5.74) is 8.43. The van der Waals surface area contributed by atoms with Crippen molar-refractivity contribution in [2.45, 2.75) is 77.7 Å². The van der Waals surface area contributed by atoms with Crippen LogP contribution in [-0.2, 0) is 25.7 Å². The van der Waals surface area contributed by atoms with Crippen LogP contribution < -0.4 is 10.1 Å². The van der Waals surface area contributed by atoms with Crippen molar-refractivity contribution in [1.82, 2.24) is 4.90 Å². The lowest BCUT2D eigenvalue weighted by Crippen LogP contribution is -2.40. The van der Waals surface area contributed by atoms with Crippen LogP contribution in [0.4, 0.5) is 5.69 Å². The van der Waals surface area contributed by atoms with Crippen molar-refractivity contribution in [3.05, 3.63) is 88.5 Å². The standard InChI is InChI=1S/C35H46N2O2/c1-25(20-27-8-6-26(7-9-27)16-19-37-18-5-17-35(2,3)24-37)36-34-23-32(39-4)14-15-33(34)30-11-10-29-22-31(38)13-12-28(29)21-30/h6-9,12-15,22-23,25,30,36,38H,5,10-11,16-21,24H2,1-4H3. The van der Waals surface area contributed by atoms with Crippen molar-refractivity contribution >= 4 is 5.69 Å². The smallest absolute Gasteiger partial charge is 0.120 e. The predicted molar refractivity (Wildman–Crippen MR) is 162 cm³/mol. The third kappa shape index (κ3) is 7.16. The molecule has 0 amide bonds. The maximum absolute atomic E-state index is 9.88. The summed E-state index contributed by atoms with van der Waals surface area (Å²) in [4.78, 5) is 2.64. The van der Waals surface area contributed by atoms with Crippen LogP contribution in [0.5, 0.6) is 11.5 Å². The molecule has 0 saturated carbocycles. The lowest BCUT2D eigenvalue weighted by atomic mass is 9.79. The Morgan fingerprint density at radius 3 is 2.59 bits per heavy atom. The molecular formula is C35H46N2O2. The number of aromatic hydroxyl groups is 1. The van der Waals surface area contributed by atoms with Crippen molar-refractivity contribution < 1.29 is 9.84 Å². The van der Waals surface area contributed by atoms with Gasteiger partial charge in [-0.05, 0) is 116 Å². The van der Waals surface area contributed by atoms with Crippen molar-refractivity contribution in [1.29, 1.82) is 0 Å². The van der Waals surface area contributed by atoms with Gasteiger partial charge in [-0.15, -0.1) is 0 Å². The molecule has 39 heavy (non-hydrogen) atoms. The van der Waals surface area contributed by atoms with Crippen LogP contribution in [-0.4, -0.2) is 42.8 Å². The van der Waals surface area contributed by atoms with E-state index >= 15 is 0 Å². The monoisotopic (exact) mass is 526 g/mol. The molecule has 0 spiro atoms. The van der Waals surface area contributed by atoms with Gasteiger partial charge in [0, 0.05) is 30.9 Å². The van der Waals surface area contributed by atoms with E-state index in [2.05, 4.69) is 79.5 Å². The number of ether oxygens (including phenoxy) is 1. The molecule has 1 aliphatic heterocycles. The highest BCUT2D eigenvalue weighted by Gasteiger charge is 2.26. The summed E-state index contributed by atoms with van der Waals surface area (Å²) in [6, 6.07) is 21.9. The van der Waals surface area contributed by atoms with E-state index in [0.717, 1.165) is 44.4 Å². The largest absolute Gasteiger partial charge is 0.508 e. The summed E-state index contributed by atoms with van der Waals surface area (Å²) in [7, 11) is 1.74. The molecule has 2 unspecified atom stereocenters. The average Bonchev–Trinajstić information content (AvgIpc) is 2.92. The number of nitrogens with one attached hydrogen (secondary N) is 1. The Morgan fingerprint density at radius 1 is 1.03 bits per heavy atom. The van der Waals surface area contributed by atoms with E-state index in [9.17, 15) is 5.11 Å². The number of nitrogens with zero attached hydrogens (tertiary/aromatic N) is 1. The molecule has 2 atom stereocenters. The second-order valence-electron chi connectivity index (χ2n) is 12.7. The van der Waals surface area contributed by atoms with Crippen LogP contribution >= 0.6 is 0 Å². The SMILES string of the molecule is COc1ccc(C2CCc3cc(O)ccc3C2)c(NC(C)Cc2ccc(CCN3CCCC(C)(C)C3)cc2)c1. The van der Waals surface area contributed by atoms with Crippen molar-refractivity contribution in [3.8, 4) is 11.5 Å². The molecule has 5 rings (SSSR count). The minimum absolute atomic E-state index is 0.296. The van der Waals surface area contributed by atoms with Gasteiger partial charge in [-0.25, -0.2) is 0 Å². The Bertz CT molecular complexity index is 1250. The number of methoxy groups -OCH3 is 1. The molecule has 3 aromatic carbocycles. The summed E-state index contributed by atoms with van der Waals surface area (Å²) >= 11 is 0. The molecule has 208 valence electrons. The number of phenols is 1. The van der Waals surface area contributed by atoms with Gasteiger partial charge in [-0.3, -0.25) is 0 Å². The summed E-state index contributed by atoms with van der Waals surface area (Å²) in [5.74, 6) is 1.70. The third-order valence-electron chi connectivity index (χ3n) is 8.78. The minimum Gasteiger partial charge on any atom is -0.508 e. The van der Waals surface area contributed by atoms with E-state index in [1.165, 1.54) is 59.4 Å². The number of aryl methyl sites for hydroxylation is 1. The van der Waals surface area contributed by atoms with E-state index in [1.54, 1.807) is 7.11 Å². The van der Waals surface area contributed by atoms with Crippen molar-refractivity contribution in [2.24, 2.45) is 5.41 Å². The zero-order chi connectivity index (χ0) is 27.4. The van der Waals surface area contributed by atoms with Gasteiger partial charge in [0.1, 0.15) is 11.5 Å². The Kier molecular flexibility index (Phi) is 8.52. The second-order valence-corrected chi connectivity index (χ2v) is 12.7. The molecule has 1 heterocycles. The Balaban J connectivity index is 1.20. The number of rotatable bonds is 9. The second kappa shape index (κ2) is 12.0. The van der Waals surface area contributed by atoms with Gasteiger partial charge in [0.15, 0.2) is 0 Å². The van der Waals surface area contributed by atoms with Crippen molar-refractivity contribution in [2.75, 3.05) is 32.1 Å². The van der Waals surface area contributed by atoms with E-state index < -0.39 is 0 Å². The van der Waals surface area contributed by atoms with E-state index in [4.69, 9.17) is 4.74 Å². The molecule has 2 N–H and O–H groups in total. The first-order chi connectivity index (χ1) is 18.8. The summed E-state index contributed by atoms with van der Waals surface area (Å²) in [6.07, 6.45) is 7.86. The van der Waals surface area contributed by atoms with Gasteiger partial charge < -0.3 is 20.1 Å². The minimum atomic E-state index is 0.296. The number of benzene rings is 3. The van der Waals surface area contributed by atoms with Gasteiger partial charge in [0.2, 0.25) is 0 Å². The highest BCUT2D eigenvalue weighted by Crippen LogP contribution is 2.39. The van der Waals surface area contributed by atoms with Crippen LogP contribution in [0, 0.1) is 5.41 Å². The first kappa shape index (κ1) is 27.6. The number of likely N-dealkylation sites (tertiary alicyclic amines) is 1. The molecule has 1 saturated heterocycles. The normalized spacial score (nSPS) is 19.7. The van der Waals surface area contributed by atoms with Crippen LogP contribution in [0.25, 0.3) is 0 Å². The molecule has 4 nitrogen and oxygen atoms in total. The van der Waals surface area contributed by atoms with E-state index in [1.807, 2.05) is 12.1 Å². The zero-order valence-electron chi connectivity index (χ0n) is 24.3. The van der Waals surface area contributed by atoms with Crippen LogP contribution in [0.1, 0.15) is 73.8 Å². The maximum Gasteiger partial charge on any atom is 0.120 e. The van der Waals surface area contributed by atoms with Gasteiger partial charge in [-0.1, -0.05) is 50.2 Å². The molecule has 0 aromatic heterocycles. The lowest BCUT2D eigenvalue weighted by Gasteiger charge is -2.38. The fraction of sp³-hybridized carbons (Fsp3) is 0.486. The zero-order valence-corrected chi connectivity index (χ0v) is 24.3. The number of phenolic OH excluding ortho intramolecular Hbond substituents is 1. The van der Waals surface area contributed by atoms with E-state index in [0.29, 0.717) is 23.1 Å². The maximum atomic E-state index is 9.88. The Morgan fingerprint density at radius 2 is 1.82 bits per heavy atom. The number of anilines is 1. The number of fused-ring (bicyclic) bond motifs is 1. The Hall–Kier alpha value is -2.98. The summed E-state index contributed by atoms with van der Waals surface area (Å²) in [5, 5.41) is 13.7. The number of hydrogen-bond acceptors (Lipinski definition) is 4. The predicted octanol–water partition coefficient (Wildman–Crippen LogP) is 7.38. The van der Waals surface area contributed by atoms with Crippen LogP contribution in [0.2, 0.25) is 0 Å². The molecule has 4 heteroatoms. The molecule has 2 aliphatic rings. The fourth-order valence-corrected chi connectivity index (χ4v) is 6.69. The average molecular weight is 527 g/mol. The summed E-state index contributed by atoms with van der Waals surface area (Å²) in [6.45, 7) is 10.7. The highest BCUT2D eigenvalue weighted by atomic mass is 16.5. The molecule has 1 fully saturated rings. The number of piperidine rings is 1. The van der Waals surface area contributed by atoms with Gasteiger partial charge >= 0.3 is 0 Å². The first-order valence-corrected chi connectivity index (χ1v) is 14.8. The lowest BCUT2D eigenvalue weighted by molar-refractivity contribution is 0.119. The summed E-state index contributed by atoms with van der Waals surface area (Å²) < 4.78 is 5.59. The highest BCUT2D eigenvalue weighted by molar-refractivity contribution is 5.58. The van der Waals surface area contributed by atoms with Gasteiger partial charge in [0.05, 0.1) is 7.11 Å². The van der Waals surface area contributed by atoms with E-state index in [-0.39, 0.29) is 0 Å². The molecule has 1 aliphatic carbocycles. The Labute approximate surface area is 235 Å². The molecule has 3 aromatic rings. The molecule has 0 bridgehead atoms. The van der Waals surface area contributed by atoms with Crippen LogP contribution in [0.15, 0.2) is 60.7 Å². The first-order valence-electron chi connectivity index (χ1n) is 14.8. The quantitative estimate of drug-likeness (QED) is 0.305. The van der Waals surface area contributed by atoms with Gasteiger partial charge in [-0.2, -0.15) is 0 Å². The van der Waals surface area contributed by atoms with Gasteiger partial charge in [0.25, 0.3) is 0 Å². The third-order valence-corrected chi connectivity index (χ3v) is 8.78.